The molecule has 1 heterocycles. The highest BCUT2D eigenvalue weighted by molar-refractivity contribution is 9.10. The molecule has 0 saturated carbocycles. The maximum Gasteiger partial charge on any atom is 0.255 e. The van der Waals surface area contributed by atoms with Gasteiger partial charge < -0.3 is 9.73 Å². The number of hydrogen-bond acceptors (Lipinski definition) is 3. The quantitative estimate of drug-likeness (QED) is 0.402. The average molecular weight is 446 g/mol. The van der Waals surface area contributed by atoms with Crippen molar-refractivity contribution in [1.29, 1.82) is 0 Å². The van der Waals surface area contributed by atoms with Gasteiger partial charge in [0.05, 0.1) is 10.6 Å². The highest BCUT2D eigenvalue weighted by atomic mass is 79.9. The number of amides is 1. The fourth-order valence-corrected chi connectivity index (χ4v) is 3.17. The molecule has 1 amide bonds. The Labute approximate surface area is 167 Å². The maximum absolute atomic E-state index is 13.5. The van der Waals surface area contributed by atoms with E-state index >= 15 is 0 Å². The number of carbonyl (C=O) groups excluding carboxylic acids is 1. The van der Waals surface area contributed by atoms with E-state index in [1.54, 1.807) is 18.2 Å². The molecule has 0 aliphatic rings. The summed E-state index contributed by atoms with van der Waals surface area (Å²) in [6.07, 6.45) is 0. The summed E-state index contributed by atoms with van der Waals surface area (Å²) < 4.78 is 20.2. The van der Waals surface area contributed by atoms with Crippen LogP contribution < -0.4 is 5.32 Å². The van der Waals surface area contributed by atoms with Gasteiger partial charge >= 0.3 is 0 Å². The van der Waals surface area contributed by atoms with Crippen LogP contribution >= 0.6 is 27.5 Å². The molecule has 4 aromatic rings. The first-order valence-corrected chi connectivity index (χ1v) is 9.10. The summed E-state index contributed by atoms with van der Waals surface area (Å²) in [7, 11) is 0. The first-order valence-electron chi connectivity index (χ1n) is 7.93. The molecule has 0 bridgehead atoms. The molecule has 0 unspecified atom stereocenters. The van der Waals surface area contributed by atoms with Gasteiger partial charge in [0, 0.05) is 15.7 Å². The smallest absolute Gasteiger partial charge is 0.255 e. The average Bonchev–Trinajstić information content (AvgIpc) is 3.07. The molecule has 3 aromatic carbocycles. The van der Waals surface area contributed by atoms with E-state index in [1.165, 1.54) is 12.1 Å². The number of hydrogen-bond donors (Lipinski definition) is 1. The molecule has 0 saturated heterocycles. The van der Waals surface area contributed by atoms with Gasteiger partial charge in [-0.1, -0.05) is 23.7 Å². The van der Waals surface area contributed by atoms with Gasteiger partial charge in [-0.3, -0.25) is 4.79 Å². The SMILES string of the molecule is O=C(Nc1ccc2oc(-c3ccccc3Br)nc2c1)c1ccc(Cl)c(F)c1. The Bertz CT molecular complexity index is 1180. The normalized spacial score (nSPS) is 10.9. The van der Waals surface area contributed by atoms with Crippen molar-refractivity contribution in [3.05, 3.63) is 81.5 Å². The third kappa shape index (κ3) is 3.59. The predicted molar refractivity (Wildman–Crippen MR) is 107 cm³/mol. The fourth-order valence-electron chi connectivity index (χ4n) is 2.60. The van der Waals surface area contributed by atoms with Crippen LogP contribution in [0.1, 0.15) is 10.4 Å². The van der Waals surface area contributed by atoms with Gasteiger partial charge in [-0.15, -0.1) is 0 Å². The van der Waals surface area contributed by atoms with Crippen molar-refractivity contribution < 1.29 is 13.6 Å². The van der Waals surface area contributed by atoms with Crippen LogP contribution in [0.15, 0.2) is 69.6 Å². The molecule has 7 heteroatoms. The van der Waals surface area contributed by atoms with Gasteiger partial charge in [-0.25, -0.2) is 9.37 Å². The summed E-state index contributed by atoms with van der Waals surface area (Å²) in [6, 6.07) is 16.6. The molecule has 1 aromatic heterocycles. The summed E-state index contributed by atoms with van der Waals surface area (Å²) in [4.78, 5) is 16.8. The molecule has 0 aliphatic carbocycles. The van der Waals surface area contributed by atoms with Crippen molar-refractivity contribution in [3.8, 4) is 11.5 Å². The monoisotopic (exact) mass is 444 g/mol. The third-order valence-electron chi connectivity index (χ3n) is 3.93. The van der Waals surface area contributed by atoms with Crippen LogP contribution in [0.2, 0.25) is 5.02 Å². The van der Waals surface area contributed by atoms with Gasteiger partial charge in [0.15, 0.2) is 5.58 Å². The Balaban J connectivity index is 1.62. The largest absolute Gasteiger partial charge is 0.436 e. The summed E-state index contributed by atoms with van der Waals surface area (Å²) in [5, 5.41) is 2.69. The Morgan fingerprint density at radius 3 is 2.70 bits per heavy atom. The lowest BCUT2D eigenvalue weighted by atomic mass is 10.2. The Hall–Kier alpha value is -2.70. The zero-order valence-electron chi connectivity index (χ0n) is 13.7. The molecule has 0 atom stereocenters. The number of oxazole rings is 1. The van der Waals surface area contributed by atoms with E-state index in [-0.39, 0.29) is 10.6 Å². The van der Waals surface area contributed by atoms with E-state index < -0.39 is 11.7 Å². The molecule has 0 spiro atoms. The number of carbonyl (C=O) groups is 1. The number of fused-ring (bicyclic) bond motifs is 1. The molecule has 4 nitrogen and oxygen atoms in total. The van der Waals surface area contributed by atoms with Crippen LogP contribution in [0.3, 0.4) is 0 Å². The predicted octanol–water partition coefficient (Wildman–Crippen LogP) is 6.30. The summed E-state index contributed by atoms with van der Waals surface area (Å²) >= 11 is 9.12. The van der Waals surface area contributed by atoms with E-state index in [4.69, 9.17) is 16.0 Å². The number of benzene rings is 3. The zero-order valence-corrected chi connectivity index (χ0v) is 16.0. The molecule has 0 fully saturated rings. The summed E-state index contributed by atoms with van der Waals surface area (Å²) in [5.74, 6) is -0.616. The molecule has 27 heavy (non-hydrogen) atoms. The second-order valence-electron chi connectivity index (χ2n) is 5.76. The van der Waals surface area contributed by atoms with Crippen LogP contribution in [0.25, 0.3) is 22.6 Å². The van der Waals surface area contributed by atoms with Crippen LogP contribution in [-0.4, -0.2) is 10.9 Å². The van der Waals surface area contributed by atoms with Gasteiger partial charge in [-0.2, -0.15) is 0 Å². The van der Waals surface area contributed by atoms with E-state index in [9.17, 15) is 9.18 Å². The van der Waals surface area contributed by atoms with Crippen LogP contribution in [-0.2, 0) is 0 Å². The molecule has 0 aliphatic heterocycles. The minimum absolute atomic E-state index is 0.0323. The maximum atomic E-state index is 13.5. The molecular formula is C20H11BrClFN2O2. The van der Waals surface area contributed by atoms with E-state index in [2.05, 4.69) is 26.2 Å². The molecule has 134 valence electrons. The van der Waals surface area contributed by atoms with Gasteiger partial charge in [0.1, 0.15) is 11.3 Å². The van der Waals surface area contributed by atoms with Gasteiger partial charge in [0.25, 0.3) is 5.91 Å². The summed E-state index contributed by atoms with van der Waals surface area (Å²) in [6.45, 7) is 0. The number of aromatic nitrogens is 1. The highest BCUT2D eigenvalue weighted by Gasteiger charge is 2.13. The molecule has 1 N–H and O–H groups in total. The minimum atomic E-state index is -0.644. The lowest BCUT2D eigenvalue weighted by molar-refractivity contribution is 0.102. The van der Waals surface area contributed by atoms with Crippen LogP contribution in [0.5, 0.6) is 0 Å². The van der Waals surface area contributed by atoms with E-state index in [0.717, 1.165) is 16.1 Å². The number of rotatable bonds is 3. The molecule has 0 radical (unpaired) electrons. The van der Waals surface area contributed by atoms with Crippen molar-refractivity contribution in [2.75, 3.05) is 5.32 Å². The van der Waals surface area contributed by atoms with Crippen molar-refractivity contribution in [3.63, 3.8) is 0 Å². The minimum Gasteiger partial charge on any atom is -0.436 e. The number of nitrogens with zero attached hydrogens (tertiary/aromatic N) is 1. The number of halogens is 3. The van der Waals surface area contributed by atoms with E-state index in [0.29, 0.717) is 22.7 Å². The number of anilines is 1. The summed E-state index contributed by atoms with van der Waals surface area (Å²) in [5.41, 5.74) is 2.72. The first-order chi connectivity index (χ1) is 13.0. The topological polar surface area (TPSA) is 55.1 Å². The Morgan fingerprint density at radius 2 is 1.93 bits per heavy atom. The second-order valence-corrected chi connectivity index (χ2v) is 7.03. The van der Waals surface area contributed by atoms with Gasteiger partial charge in [-0.05, 0) is 64.5 Å². The number of nitrogens with one attached hydrogen (secondary N) is 1. The van der Waals surface area contributed by atoms with Crippen molar-refractivity contribution in [1.82, 2.24) is 4.98 Å². The van der Waals surface area contributed by atoms with Crippen molar-refractivity contribution >= 4 is 50.2 Å². The third-order valence-corrected chi connectivity index (χ3v) is 4.93. The zero-order chi connectivity index (χ0) is 19.0. The Kier molecular flexibility index (Phi) is 4.68. The van der Waals surface area contributed by atoms with E-state index in [1.807, 2.05) is 24.3 Å². The van der Waals surface area contributed by atoms with Crippen LogP contribution in [0, 0.1) is 5.82 Å². The highest BCUT2D eigenvalue weighted by Crippen LogP contribution is 2.31. The fraction of sp³-hybridized carbons (Fsp3) is 0. The molecule has 4 rings (SSSR count). The second kappa shape index (κ2) is 7.13. The lowest BCUT2D eigenvalue weighted by Gasteiger charge is -2.05. The van der Waals surface area contributed by atoms with Crippen molar-refractivity contribution in [2.24, 2.45) is 0 Å². The first kappa shape index (κ1) is 17.7. The van der Waals surface area contributed by atoms with Crippen molar-refractivity contribution in [2.45, 2.75) is 0 Å². The molecular weight excluding hydrogens is 435 g/mol. The lowest BCUT2D eigenvalue weighted by Crippen LogP contribution is -2.12. The Morgan fingerprint density at radius 1 is 1.11 bits per heavy atom. The van der Waals surface area contributed by atoms with Crippen LogP contribution in [0.4, 0.5) is 10.1 Å². The standard InChI is InChI=1S/C20H11BrClFN2O2/c21-14-4-2-1-3-13(14)20-25-17-10-12(6-8-18(17)27-20)24-19(26)11-5-7-15(22)16(23)9-11/h1-10H,(H,24,26). The van der Waals surface area contributed by atoms with Gasteiger partial charge in [0.2, 0.25) is 5.89 Å².